The summed E-state index contributed by atoms with van der Waals surface area (Å²) in [6.45, 7) is 3.11. The van der Waals surface area contributed by atoms with Gasteiger partial charge in [-0.3, -0.25) is 0 Å². The standard InChI is InChI=1S/C20H29N7O/c21-8-1-9-22-19-17(14-2-3-14)13-24-20(27-19)26-16-4-5-18(23-12-16)25-15-6-10-28-11-7-15/h4-5,12-15H,1-3,6-11,21H2,(H,23,25)(H2,22,24,26,27). The lowest BCUT2D eigenvalue weighted by Gasteiger charge is -2.23. The molecule has 2 fully saturated rings. The van der Waals surface area contributed by atoms with Crippen LogP contribution in [0.5, 0.6) is 0 Å². The van der Waals surface area contributed by atoms with E-state index in [1.807, 2.05) is 18.3 Å². The van der Waals surface area contributed by atoms with Crippen molar-refractivity contribution < 1.29 is 4.74 Å². The first-order valence-electron chi connectivity index (χ1n) is 10.2. The summed E-state index contributed by atoms with van der Waals surface area (Å²) < 4.78 is 5.39. The van der Waals surface area contributed by atoms with Gasteiger partial charge in [0.25, 0.3) is 0 Å². The molecular weight excluding hydrogens is 354 g/mol. The molecule has 28 heavy (non-hydrogen) atoms. The molecule has 0 unspecified atom stereocenters. The van der Waals surface area contributed by atoms with Crippen LogP contribution in [0.1, 0.15) is 43.6 Å². The van der Waals surface area contributed by atoms with Crippen LogP contribution >= 0.6 is 0 Å². The van der Waals surface area contributed by atoms with Gasteiger partial charge in [-0.1, -0.05) is 0 Å². The van der Waals surface area contributed by atoms with E-state index in [-0.39, 0.29) is 0 Å². The zero-order valence-electron chi connectivity index (χ0n) is 16.2. The smallest absolute Gasteiger partial charge is 0.229 e. The number of anilines is 4. The Morgan fingerprint density at radius 2 is 1.93 bits per heavy atom. The van der Waals surface area contributed by atoms with Crippen LogP contribution in [-0.4, -0.2) is 47.3 Å². The Hall–Kier alpha value is -2.45. The fourth-order valence-corrected chi connectivity index (χ4v) is 3.33. The van der Waals surface area contributed by atoms with Gasteiger partial charge in [0.15, 0.2) is 0 Å². The van der Waals surface area contributed by atoms with Gasteiger partial charge in [0.2, 0.25) is 5.95 Å². The Morgan fingerprint density at radius 3 is 2.64 bits per heavy atom. The molecule has 5 N–H and O–H groups in total. The molecule has 1 aliphatic carbocycles. The first-order valence-corrected chi connectivity index (χ1v) is 10.2. The third-order valence-corrected chi connectivity index (χ3v) is 5.10. The maximum atomic E-state index is 5.60. The summed E-state index contributed by atoms with van der Waals surface area (Å²) in [7, 11) is 0. The Morgan fingerprint density at radius 1 is 1.07 bits per heavy atom. The number of aromatic nitrogens is 3. The van der Waals surface area contributed by atoms with Crippen molar-refractivity contribution in [3.8, 4) is 0 Å². The van der Waals surface area contributed by atoms with Gasteiger partial charge in [0.05, 0.1) is 11.9 Å². The molecule has 2 aromatic heterocycles. The van der Waals surface area contributed by atoms with Gasteiger partial charge in [-0.2, -0.15) is 4.98 Å². The van der Waals surface area contributed by atoms with Crippen molar-refractivity contribution in [2.75, 3.05) is 42.3 Å². The lowest BCUT2D eigenvalue weighted by atomic mass is 10.1. The van der Waals surface area contributed by atoms with E-state index in [0.717, 1.165) is 56.3 Å². The highest BCUT2D eigenvalue weighted by Gasteiger charge is 2.27. The normalized spacial score (nSPS) is 17.3. The van der Waals surface area contributed by atoms with Crippen LogP contribution in [0.4, 0.5) is 23.3 Å². The van der Waals surface area contributed by atoms with Gasteiger partial charge in [-0.15, -0.1) is 0 Å². The second-order valence-corrected chi connectivity index (χ2v) is 7.43. The van der Waals surface area contributed by atoms with Crippen LogP contribution in [0, 0.1) is 0 Å². The molecule has 0 spiro atoms. The maximum Gasteiger partial charge on any atom is 0.229 e. The highest BCUT2D eigenvalue weighted by atomic mass is 16.5. The van der Waals surface area contributed by atoms with Crippen molar-refractivity contribution in [2.24, 2.45) is 5.73 Å². The Balaban J connectivity index is 1.39. The molecule has 1 saturated carbocycles. The number of rotatable bonds is 9. The van der Waals surface area contributed by atoms with Gasteiger partial charge in [-0.05, 0) is 56.7 Å². The first-order chi connectivity index (χ1) is 13.8. The van der Waals surface area contributed by atoms with Crippen molar-refractivity contribution in [1.82, 2.24) is 15.0 Å². The van der Waals surface area contributed by atoms with Crippen molar-refractivity contribution in [3.63, 3.8) is 0 Å². The fraction of sp³-hybridized carbons (Fsp3) is 0.550. The zero-order valence-corrected chi connectivity index (χ0v) is 16.2. The molecule has 0 amide bonds. The third-order valence-electron chi connectivity index (χ3n) is 5.10. The van der Waals surface area contributed by atoms with Crippen LogP contribution in [0.2, 0.25) is 0 Å². The van der Waals surface area contributed by atoms with Crippen LogP contribution in [-0.2, 0) is 4.74 Å². The van der Waals surface area contributed by atoms with E-state index in [1.165, 1.54) is 18.4 Å². The van der Waals surface area contributed by atoms with Crippen molar-refractivity contribution in [1.29, 1.82) is 0 Å². The summed E-state index contributed by atoms with van der Waals surface area (Å²) in [6.07, 6.45) is 9.13. The SMILES string of the molecule is NCCCNc1nc(Nc2ccc(NC3CCOCC3)nc2)ncc1C1CC1. The molecule has 0 atom stereocenters. The topological polar surface area (TPSA) is 110 Å². The summed E-state index contributed by atoms with van der Waals surface area (Å²) in [5.74, 6) is 2.96. The lowest BCUT2D eigenvalue weighted by molar-refractivity contribution is 0.0904. The number of pyridine rings is 1. The molecular formula is C20H29N7O. The largest absolute Gasteiger partial charge is 0.381 e. The van der Waals surface area contributed by atoms with Crippen LogP contribution in [0.3, 0.4) is 0 Å². The molecule has 2 aromatic rings. The molecule has 0 radical (unpaired) electrons. The maximum absolute atomic E-state index is 5.60. The van der Waals surface area contributed by atoms with Crippen molar-refractivity contribution in [3.05, 3.63) is 30.1 Å². The second kappa shape index (κ2) is 9.16. The van der Waals surface area contributed by atoms with Crippen molar-refractivity contribution in [2.45, 2.75) is 44.1 Å². The van der Waals surface area contributed by atoms with E-state index in [4.69, 9.17) is 10.5 Å². The van der Waals surface area contributed by atoms with Gasteiger partial charge in [0.1, 0.15) is 11.6 Å². The van der Waals surface area contributed by atoms with Crippen molar-refractivity contribution >= 4 is 23.3 Å². The van der Waals surface area contributed by atoms with Crippen LogP contribution in [0.25, 0.3) is 0 Å². The molecule has 8 heteroatoms. The summed E-state index contributed by atoms with van der Waals surface area (Å²) in [5.41, 5.74) is 7.67. The Labute approximate surface area is 165 Å². The summed E-state index contributed by atoms with van der Waals surface area (Å²) in [6, 6.07) is 4.41. The minimum atomic E-state index is 0.431. The van der Waals surface area contributed by atoms with Gasteiger partial charge >= 0.3 is 0 Å². The summed E-state index contributed by atoms with van der Waals surface area (Å²) in [4.78, 5) is 13.7. The third kappa shape index (κ3) is 5.08. The number of nitrogens with one attached hydrogen (secondary N) is 3. The van der Waals surface area contributed by atoms with E-state index in [2.05, 4.69) is 30.9 Å². The van der Waals surface area contributed by atoms with E-state index in [1.54, 1.807) is 6.20 Å². The summed E-state index contributed by atoms with van der Waals surface area (Å²) in [5, 5.41) is 10.1. The highest BCUT2D eigenvalue weighted by molar-refractivity contribution is 5.58. The average Bonchev–Trinajstić information content (AvgIpc) is 3.56. The predicted molar refractivity (Wildman–Crippen MR) is 111 cm³/mol. The lowest BCUT2D eigenvalue weighted by Crippen LogP contribution is -2.28. The fourth-order valence-electron chi connectivity index (χ4n) is 3.33. The summed E-state index contributed by atoms with van der Waals surface area (Å²) >= 11 is 0. The second-order valence-electron chi connectivity index (χ2n) is 7.43. The monoisotopic (exact) mass is 383 g/mol. The molecule has 1 aliphatic heterocycles. The predicted octanol–water partition coefficient (Wildman–Crippen LogP) is 2.84. The minimum absolute atomic E-state index is 0.431. The van der Waals surface area contributed by atoms with E-state index in [0.29, 0.717) is 24.5 Å². The molecule has 0 aromatic carbocycles. The molecule has 4 rings (SSSR count). The average molecular weight is 384 g/mol. The quantitative estimate of drug-likeness (QED) is 0.489. The van der Waals surface area contributed by atoms with Gasteiger partial charge in [0, 0.05) is 37.6 Å². The molecule has 2 aliphatic rings. The van der Waals surface area contributed by atoms with Gasteiger partial charge in [-0.25, -0.2) is 9.97 Å². The first kappa shape index (κ1) is 18.9. The Bertz CT molecular complexity index is 758. The Kier molecular flexibility index (Phi) is 6.18. The number of nitrogens with two attached hydrogens (primary N) is 1. The molecule has 3 heterocycles. The number of hydrogen-bond donors (Lipinski definition) is 4. The number of nitrogens with zero attached hydrogens (tertiary/aromatic N) is 3. The van der Waals surface area contributed by atoms with Crippen LogP contribution < -0.4 is 21.7 Å². The number of hydrogen-bond acceptors (Lipinski definition) is 8. The zero-order chi connectivity index (χ0) is 19.2. The molecule has 150 valence electrons. The van der Waals surface area contributed by atoms with Crippen LogP contribution in [0.15, 0.2) is 24.5 Å². The van der Waals surface area contributed by atoms with E-state index >= 15 is 0 Å². The van der Waals surface area contributed by atoms with Gasteiger partial charge < -0.3 is 26.4 Å². The van der Waals surface area contributed by atoms with E-state index < -0.39 is 0 Å². The minimum Gasteiger partial charge on any atom is -0.381 e. The number of ether oxygens (including phenoxy) is 1. The molecule has 1 saturated heterocycles. The highest BCUT2D eigenvalue weighted by Crippen LogP contribution is 2.42. The van der Waals surface area contributed by atoms with E-state index in [9.17, 15) is 0 Å². The molecule has 8 nitrogen and oxygen atoms in total. The molecule has 0 bridgehead atoms.